The lowest BCUT2D eigenvalue weighted by molar-refractivity contribution is 1.30. The second-order valence-corrected chi connectivity index (χ2v) is 14.4. The van der Waals surface area contributed by atoms with Crippen molar-refractivity contribution < 1.29 is 0 Å². The third-order valence-electron chi connectivity index (χ3n) is 8.97. The molecule has 0 saturated heterocycles. The molecule has 7 rings (SSSR count). The van der Waals surface area contributed by atoms with Crippen LogP contribution in [0.1, 0.15) is 27.8 Å². The van der Waals surface area contributed by atoms with Crippen LogP contribution in [0.25, 0.3) is 54.9 Å². The van der Waals surface area contributed by atoms with E-state index in [9.17, 15) is 0 Å². The van der Waals surface area contributed by atoms with Crippen LogP contribution in [0.2, 0.25) is 0 Å². The first kappa shape index (κ1) is 33.3. The summed E-state index contributed by atoms with van der Waals surface area (Å²) in [5, 5.41) is 5.07. The van der Waals surface area contributed by atoms with E-state index in [1.165, 1.54) is 87.6 Å². The molecule has 0 aliphatic heterocycles. The van der Waals surface area contributed by atoms with Gasteiger partial charge in [-0.15, -0.1) is 11.8 Å². The number of thiol groups is 4. The van der Waals surface area contributed by atoms with Crippen molar-refractivity contribution in [2.75, 3.05) is 0 Å². The van der Waals surface area contributed by atoms with E-state index in [1.807, 2.05) is 11.8 Å². The average molecular weight is 713 g/mol. The largest absolute Gasteiger partial charge is 0.175 e. The third-order valence-corrected chi connectivity index (χ3v) is 11.7. The van der Waals surface area contributed by atoms with Gasteiger partial charge >= 0.3 is 0 Å². The van der Waals surface area contributed by atoms with E-state index >= 15 is 0 Å². The zero-order valence-electron chi connectivity index (χ0n) is 26.4. The van der Waals surface area contributed by atoms with E-state index in [-0.39, 0.29) is 0 Å². The van der Waals surface area contributed by atoms with Gasteiger partial charge in [0.15, 0.2) is 0 Å². The van der Waals surface area contributed by atoms with Gasteiger partial charge in [0.25, 0.3) is 0 Å². The summed E-state index contributed by atoms with van der Waals surface area (Å²) < 4.78 is 0. The molecule has 238 valence electrons. The molecule has 0 radical (unpaired) electrons. The third kappa shape index (κ3) is 7.22. The van der Waals surface area contributed by atoms with Gasteiger partial charge in [-0.1, -0.05) is 103 Å². The summed E-state index contributed by atoms with van der Waals surface area (Å²) in [6.45, 7) is 0. The Balaban J connectivity index is 1.19. The zero-order chi connectivity index (χ0) is 33.0. The predicted molar refractivity (Wildman–Crippen MR) is 225 cm³/mol. The van der Waals surface area contributed by atoms with Gasteiger partial charge in [-0.2, -0.15) is 50.5 Å². The lowest BCUT2D eigenvalue weighted by atomic mass is 9.92. The van der Waals surface area contributed by atoms with Crippen LogP contribution in [0.4, 0.5) is 0 Å². The molecule has 48 heavy (non-hydrogen) atoms. The summed E-state index contributed by atoms with van der Waals surface area (Å²) in [7, 11) is 0. The fourth-order valence-corrected chi connectivity index (χ4v) is 8.36. The van der Waals surface area contributed by atoms with E-state index in [1.54, 1.807) is 0 Å². The maximum atomic E-state index is 4.70. The van der Waals surface area contributed by atoms with Gasteiger partial charge in [0, 0.05) is 33.7 Å². The smallest absolute Gasteiger partial charge is 0.0232 e. The quantitative estimate of drug-likeness (QED) is 0.0622. The normalized spacial score (nSPS) is 11.4. The van der Waals surface area contributed by atoms with E-state index in [0.717, 1.165) is 23.0 Å². The summed E-state index contributed by atoms with van der Waals surface area (Å²) in [5.41, 5.74) is 13.5. The molecule has 0 aromatic heterocycles. The Morgan fingerprint density at radius 2 is 0.833 bits per heavy atom. The van der Waals surface area contributed by atoms with Gasteiger partial charge in [0.2, 0.25) is 0 Å². The highest BCUT2D eigenvalue weighted by Gasteiger charge is 2.12. The summed E-state index contributed by atoms with van der Waals surface area (Å²) in [6.07, 6.45) is 0. The van der Waals surface area contributed by atoms with Crippen molar-refractivity contribution in [1.29, 1.82) is 0 Å². The first-order valence-electron chi connectivity index (χ1n) is 16.0. The minimum Gasteiger partial charge on any atom is -0.175 e. The molecule has 0 heterocycles. The number of thioether (sulfide) groups is 1. The van der Waals surface area contributed by atoms with Crippen molar-refractivity contribution in [1.82, 2.24) is 0 Å². The molecule has 0 fully saturated rings. The highest BCUT2D eigenvalue weighted by Crippen LogP contribution is 2.38. The summed E-state index contributed by atoms with van der Waals surface area (Å²) in [5.74, 6) is 3.81. The highest BCUT2D eigenvalue weighted by molar-refractivity contribution is 7.98. The van der Waals surface area contributed by atoms with Crippen LogP contribution in [-0.2, 0) is 28.8 Å². The maximum Gasteiger partial charge on any atom is 0.0232 e. The molecule has 0 N–H and O–H groups in total. The van der Waals surface area contributed by atoms with E-state index in [0.29, 0.717) is 5.75 Å². The second-order valence-electron chi connectivity index (χ2n) is 12.1. The number of rotatable bonds is 10. The lowest BCUT2D eigenvalue weighted by Gasteiger charge is -2.14. The fourth-order valence-electron chi connectivity index (χ4n) is 6.21. The number of hydrogen-bond donors (Lipinski definition) is 4. The van der Waals surface area contributed by atoms with Gasteiger partial charge in [-0.25, -0.2) is 0 Å². The first-order chi connectivity index (χ1) is 23.5. The average Bonchev–Trinajstić information content (AvgIpc) is 3.16. The molecule has 7 aromatic rings. The minimum atomic E-state index is 0.710. The SMILES string of the molecule is SCc1ccc(-c2cc(-c3ccc(CS)cc3)cc(-c3ccc(CSc4c(CS)ccc5cc6cc(CS)ccc6cc45)cc3)c2)cc1. The molecule has 0 aliphatic rings. The molecule has 0 bridgehead atoms. The van der Waals surface area contributed by atoms with E-state index < -0.39 is 0 Å². The van der Waals surface area contributed by atoms with Crippen LogP contribution in [0, 0.1) is 0 Å². The van der Waals surface area contributed by atoms with Gasteiger partial charge < -0.3 is 0 Å². The molecular formula is C43H36S5. The number of hydrogen-bond acceptors (Lipinski definition) is 5. The van der Waals surface area contributed by atoms with Gasteiger partial charge in [-0.05, 0) is 113 Å². The van der Waals surface area contributed by atoms with E-state index in [2.05, 4.69) is 171 Å². The fraction of sp³-hybridized carbons (Fsp3) is 0.116. The Kier molecular flexibility index (Phi) is 10.5. The van der Waals surface area contributed by atoms with Crippen LogP contribution in [0.3, 0.4) is 0 Å². The maximum absolute atomic E-state index is 4.70. The molecule has 0 atom stereocenters. The molecular weight excluding hydrogens is 677 g/mol. The molecule has 0 nitrogen and oxygen atoms in total. The zero-order valence-corrected chi connectivity index (χ0v) is 30.8. The minimum absolute atomic E-state index is 0.710. The van der Waals surface area contributed by atoms with Crippen LogP contribution in [0.5, 0.6) is 0 Å². The van der Waals surface area contributed by atoms with Gasteiger partial charge in [-0.3, -0.25) is 0 Å². The Hall–Kier alpha value is -3.19. The molecule has 0 spiro atoms. The van der Waals surface area contributed by atoms with Crippen molar-refractivity contribution in [3.05, 3.63) is 161 Å². The number of fused-ring (bicyclic) bond motifs is 2. The van der Waals surface area contributed by atoms with Crippen molar-refractivity contribution in [3.63, 3.8) is 0 Å². The molecule has 5 heteroatoms. The molecule has 0 aliphatic carbocycles. The van der Waals surface area contributed by atoms with Crippen molar-refractivity contribution in [2.45, 2.75) is 33.7 Å². The van der Waals surface area contributed by atoms with Crippen LogP contribution >= 0.6 is 62.3 Å². The summed E-state index contributed by atoms with van der Waals surface area (Å²) in [6, 6.07) is 49.2. The van der Waals surface area contributed by atoms with Gasteiger partial charge in [0.05, 0.1) is 0 Å². The van der Waals surface area contributed by atoms with Crippen LogP contribution in [0.15, 0.2) is 138 Å². The Morgan fingerprint density at radius 1 is 0.354 bits per heavy atom. The topological polar surface area (TPSA) is 0 Å². The number of benzene rings is 7. The summed E-state index contributed by atoms with van der Waals surface area (Å²) >= 11 is 20.0. The van der Waals surface area contributed by atoms with Crippen molar-refractivity contribution in [2.24, 2.45) is 0 Å². The standard InChI is InChI=1S/C43H36S5/c44-23-28-1-8-32(9-2-28)39-19-40(33-10-3-29(24-45)4-11-33)21-41(20-39)34-12-5-30(6-13-34)27-48-43-37(26-47)16-15-36-18-38-17-31(25-46)7-14-35(38)22-42(36)43/h1-22,44-47H,23-27H2. The van der Waals surface area contributed by atoms with E-state index in [4.69, 9.17) is 12.6 Å². The van der Waals surface area contributed by atoms with Crippen LogP contribution < -0.4 is 0 Å². The molecule has 0 unspecified atom stereocenters. The van der Waals surface area contributed by atoms with Crippen molar-refractivity contribution in [3.8, 4) is 33.4 Å². The monoisotopic (exact) mass is 712 g/mol. The Bertz CT molecular complexity index is 2140. The predicted octanol–water partition coefficient (Wildman–Crippen LogP) is 13.0. The first-order valence-corrected chi connectivity index (χ1v) is 19.5. The molecule has 0 saturated carbocycles. The Morgan fingerprint density at radius 3 is 1.33 bits per heavy atom. The second kappa shape index (κ2) is 15.1. The molecule has 0 amide bonds. The lowest BCUT2D eigenvalue weighted by Crippen LogP contribution is -1.90. The molecule has 7 aromatic carbocycles. The van der Waals surface area contributed by atoms with Crippen molar-refractivity contribution >= 4 is 83.8 Å². The Labute approximate surface area is 310 Å². The van der Waals surface area contributed by atoms with Gasteiger partial charge in [0.1, 0.15) is 0 Å². The highest BCUT2D eigenvalue weighted by atomic mass is 32.2. The summed E-state index contributed by atoms with van der Waals surface area (Å²) in [4.78, 5) is 1.32. The van der Waals surface area contributed by atoms with Crippen LogP contribution in [-0.4, -0.2) is 0 Å².